The lowest BCUT2D eigenvalue weighted by molar-refractivity contribution is -0.132. The zero-order valence-corrected chi connectivity index (χ0v) is 19.7. The first-order valence-corrected chi connectivity index (χ1v) is 12.5. The van der Waals surface area contributed by atoms with Crippen LogP contribution in [-0.2, 0) is 14.8 Å². The van der Waals surface area contributed by atoms with E-state index in [1.54, 1.807) is 35.2 Å². The van der Waals surface area contributed by atoms with Crippen molar-refractivity contribution < 1.29 is 17.6 Å². The van der Waals surface area contributed by atoms with Gasteiger partial charge < -0.3 is 9.32 Å². The number of benzene rings is 2. The fraction of sp³-hybridized carbons (Fsp3) is 0.391. The van der Waals surface area contributed by atoms with Gasteiger partial charge in [-0.25, -0.2) is 18.1 Å². The zero-order chi connectivity index (χ0) is 22.9. The van der Waals surface area contributed by atoms with Crippen LogP contribution in [0, 0.1) is 13.8 Å². The van der Waals surface area contributed by atoms with E-state index < -0.39 is 10.0 Å². The van der Waals surface area contributed by atoms with Crippen molar-refractivity contribution in [2.75, 3.05) is 19.6 Å². The van der Waals surface area contributed by atoms with E-state index in [4.69, 9.17) is 16.0 Å². The van der Waals surface area contributed by atoms with E-state index in [2.05, 4.69) is 9.71 Å². The maximum absolute atomic E-state index is 12.6. The Hall–Kier alpha value is -2.42. The molecule has 1 N–H and O–H groups in total. The minimum Gasteiger partial charge on any atom is -0.440 e. The molecule has 1 fully saturated rings. The van der Waals surface area contributed by atoms with Gasteiger partial charge >= 0.3 is 0 Å². The molecule has 4 rings (SSSR count). The van der Waals surface area contributed by atoms with Gasteiger partial charge in [0, 0.05) is 37.0 Å². The van der Waals surface area contributed by atoms with Crippen molar-refractivity contribution in [3.63, 3.8) is 0 Å². The summed E-state index contributed by atoms with van der Waals surface area (Å²) in [4.78, 5) is 19.1. The Labute approximate surface area is 192 Å². The van der Waals surface area contributed by atoms with Gasteiger partial charge in [-0.2, -0.15) is 0 Å². The number of halogens is 1. The first kappa shape index (κ1) is 22.8. The number of hydrogen-bond acceptors (Lipinski definition) is 5. The van der Waals surface area contributed by atoms with E-state index in [0.717, 1.165) is 29.5 Å². The summed E-state index contributed by atoms with van der Waals surface area (Å²) in [7, 11) is -3.64. The quantitative estimate of drug-likeness (QED) is 0.577. The maximum atomic E-state index is 12.6. The van der Waals surface area contributed by atoms with Crippen LogP contribution >= 0.6 is 11.6 Å². The predicted octanol–water partition coefficient (Wildman–Crippen LogP) is 4.17. The Morgan fingerprint density at radius 1 is 1.16 bits per heavy atom. The second-order valence-electron chi connectivity index (χ2n) is 8.21. The average Bonchev–Trinajstić information content (AvgIpc) is 3.18. The number of carbonyl (C=O) groups excluding carboxylic acids is 1. The van der Waals surface area contributed by atoms with Gasteiger partial charge in [-0.1, -0.05) is 17.7 Å². The van der Waals surface area contributed by atoms with E-state index in [9.17, 15) is 13.2 Å². The van der Waals surface area contributed by atoms with Gasteiger partial charge in [-0.05, 0) is 68.1 Å². The molecular formula is C23H26ClN3O4S. The van der Waals surface area contributed by atoms with Gasteiger partial charge in [-0.3, -0.25) is 4.79 Å². The molecule has 1 saturated heterocycles. The van der Waals surface area contributed by atoms with Crippen molar-refractivity contribution >= 4 is 38.6 Å². The predicted molar refractivity (Wildman–Crippen MR) is 123 cm³/mol. The number of carbonyl (C=O) groups is 1. The van der Waals surface area contributed by atoms with Gasteiger partial charge in [0.25, 0.3) is 0 Å². The Bertz CT molecular complexity index is 1250. The molecule has 32 heavy (non-hydrogen) atoms. The van der Waals surface area contributed by atoms with Crippen molar-refractivity contribution in [1.29, 1.82) is 0 Å². The second kappa shape index (κ2) is 9.21. The van der Waals surface area contributed by atoms with Crippen LogP contribution in [0.15, 0.2) is 45.7 Å². The number of aromatic nitrogens is 1. The lowest BCUT2D eigenvalue weighted by Gasteiger charge is -2.30. The molecule has 0 saturated carbocycles. The van der Waals surface area contributed by atoms with E-state index in [-0.39, 0.29) is 29.7 Å². The molecule has 0 radical (unpaired) electrons. The minimum atomic E-state index is -3.64. The van der Waals surface area contributed by atoms with Gasteiger partial charge in [0.05, 0.1) is 4.90 Å². The number of hydrogen-bond donors (Lipinski definition) is 1. The van der Waals surface area contributed by atoms with Gasteiger partial charge in [0.2, 0.25) is 15.9 Å². The number of amides is 1. The average molecular weight is 476 g/mol. The van der Waals surface area contributed by atoms with Crippen LogP contribution in [0.25, 0.3) is 11.1 Å². The molecule has 0 aliphatic carbocycles. The standard InChI is InChI=1S/C23H26ClN3O4S/c1-15-3-5-19(13-16(15)2)32(29,30)25-10-7-22(28)27-11-8-17(9-12-27)23-26-20-14-18(24)4-6-21(20)31-23/h3-6,13-14,17,25H,7-12H2,1-2H3. The van der Waals surface area contributed by atoms with Crippen molar-refractivity contribution in [2.24, 2.45) is 0 Å². The number of fused-ring (bicyclic) bond motifs is 1. The number of nitrogens with zero attached hydrogens (tertiary/aromatic N) is 2. The first-order chi connectivity index (χ1) is 15.2. The Morgan fingerprint density at radius 3 is 2.62 bits per heavy atom. The van der Waals surface area contributed by atoms with Crippen molar-refractivity contribution in [3.05, 3.63) is 58.4 Å². The molecule has 1 aliphatic rings. The van der Waals surface area contributed by atoms with Crippen LogP contribution < -0.4 is 4.72 Å². The molecule has 0 spiro atoms. The molecule has 0 bridgehead atoms. The molecule has 3 aromatic rings. The number of nitrogens with one attached hydrogen (secondary N) is 1. The fourth-order valence-corrected chi connectivity index (χ4v) is 5.17. The highest BCUT2D eigenvalue weighted by atomic mass is 35.5. The normalized spacial score (nSPS) is 15.4. The summed E-state index contributed by atoms with van der Waals surface area (Å²) in [6, 6.07) is 10.4. The Balaban J connectivity index is 1.28. The summed E-state index contributed by atoms with van der Waals surface area (Å²) in [6.07, 6.45) is 1.62. The lowest BCUT2D eigenvalue weighted by atomic mass is 9.96. The van der Waals surface area contributed by atoms with Crippen LogP contribution in [0.1, 0.15) is 42.2 Å². The summed E-state index contributed by atoms with van der Waals surface area (Å²) in [5.41, 5.74) is 3.39. The topological polar surface area (TPSA) is 92.5 Å². The minimum absolute atomic E-state index is 0.0596. The molecule has 1 aromatic heterocycles. The molecule has 7 nitrogen and oxygen atoms in total. The smallest absolute Gasteiger partial charge is 0.240 e. The molecule has 1 amide bonds. The van der Waals surface area contributed by atoms with Crippen LogP contribution in [0.4, 0.5) is 0 Å². The van der Waals surface area contributed by atoms with Crippen molar-refractivity contribution in [1.82, 2.24) is 14.6 Å². The molecule has 2 heterocycles. The number of likely N-dealkylation sites (tertiary alicyclic amines) is 1. The summed E-state index contributed by atoms with van der Waals surface area (Å²) < 4.78 is 33.4. The third-order valence-electron chi connectivity index (χ3n) is 5.98. The van der Waals surface area contributed by atoms with Gasteiger partial charge in [0.15, 0.2) is 11.5 Å². The van der Waals surface area contributed by atoms with Crippen molar-refractivity contribution in [2.45, 2.75) is 43.9 Å². The Kier molecular flexibility index (Phi) is 6.55. The SMILES string of the molecule is Cc1ccc(S(=O)(=O)NCCC(=O)N2CCC(c3nc4cc(Cl)ccc4o3)CC2)cc1C. The lowest BCUT2D eigenvalue weighted by Crippen LogP contribution is -2.39. The van der Waals surface area contributed by atoms with E-state index in [1.807, 2.05) is 19.9 Å². The highest BCUT2D eigenvalue weighted by Crippen LogP contribution is 2.31. The van der Waals surface area contributed by atoms with Crippen LogP contribution in [-0.4, -0.2) is 43.8 Å². The number of oxazole rings is 1. The molecule has 0 atom stereocenters. The fourth-order valence-electron chi connectivity index (χ4n) is 3.88. The maximum Gasteiger partial charge on any atom is 0.240 e. The van der Waals surface area contributed by atoms with Crippen LogP contribution in [0.3, 0.4) is 0 Å². The summed E-state index contributed by atoms with van der Waals surface area (Å²) >= 11 is 6.02. The number of aryl methyl sites for hydroxylation is 2. The molecule has 170 valence electrons. The van der Waals surface area contributed by atoms with E-state index in [1.165, 1.54) is 0 Å². The Morgan fingerprint density at radius 2 is 1.91 bits per heavy atom. The monoisotopic (exact) mass is 475 g/mol. The van der Waals surface area contributed by atoms with E-state index in [0.29, 0.717) is 29.6 Å². The third-order valence-corrected chi connectivity index (χ3v) is 7.68. The van der Waals surface area contributed by atoms with Crippen LogP contribution in [0.5, 0.6) is 0 Å². The van der Waals surface area contributed by atoms with Gasteiger partial charge in [0.1, 0.15) is 5.52 Å². The van der Waals surface area contributed by atoms with Crippen molar-refractivity contribution in [3.8, 4) is 0 Å². The summed E-state index contributed by atoms with van der Waals surface area (Å²) in [5.74, 6) is 0.764. The molecule has 1 aliphatic heterocycles. The summed E-state index contributed by atoms with van der Waals surface area (Å²) in [5, 5.41) is 0.617. The van der Waals surface area contributed by atoms with Gasteiger partial charge in [-0.15, -0.1) is 0 Å². The molecule has 9 heteroatoms. The van der Waals surface area contributed by atoms with Crippen LogP contribution in [0.2, 0.25) is 5.02 Å². The largest absolute Gasteiger partial charge is 0.440 e. The molecular weight excluding hydrogens is 450 g/mol. The highest BCUT2D eigenvalue weighted by molar-refractivity contribution is 7.89. The third kappa shape index (κ3) is 4.98. The highest BCUT2D eigenvalue weighted by Gasteiger charge is 2.27. The van der Waals surface area contributed by atoms with E-state index >= 15 is 0 Å². The second-order valence-corrected chi connectivity index (χ2v) is 10.4. The summed E-state index contributed by atoms with van der Waals surface area (Å²) in [6.45, 7) is 5.05. The molecule has 2 aromatic carbocycles. The number of rotatable bonds is 6. The number of sulfonamides is 1. The first-order valence-electron chi connectivity index (χ1n) is 10.6. The number of piperidine rings is 1. The molecule has 0 unspecified atom stereocenters. The zero-order valence-electron chi connectivity index (χ0n) is 18.1.